The van der Waals surface area contributed by atoms with Crippen LogP contribution in [-0.4, -0.2) is 25.6 Å². The minimum absolute atomic E-state index is 0.431. The standard InChI is InChI=1S/C13H29N3/c1-11(2)16-12(14-6)15-10-8-7-9-13(3,4)5/h11H,7-10H2,1-6H3,(H2,14,15,16). The molecule has 0 saturated heterocycles. The fourth-order valence-corrected chi connectivity index (χ4v) is 1.46. The van der Waals surface area contributed by atoms with Crippen molar-refractivity contribution >= 4 is 5.96 Å². The molecule has 0 rings (SSSR count). The number of guanidine groups is 1. The van der Waals surface area contributed by atoms with E-state index in [9.17, 15) is 0 Å². The Hall–Kier alpha value is -0.730. The number of hydrogen-bond donors (Lipinski definition) is 2. The lowest BCUT2D eigenvalue weighted by Gasteiger charge is -2.18. The summed E-state index contributed by atoms with van der Waals surface area (Å²) in [5.74, 6) is 0.908. The summed E-state index contributed by atoms with van der Waals surface area (Å²) in [5.41, 5.74) is 0.456. The molecule has 0 aromatic carbocycles. The summed E-state index contributed by atoms with van der Waals surface area (Å²) in [5, 5.41) is 6.60. The molecule has 0 aliphatic carbocycles. The van der Waals surface area contributed by atoms with Crippen LogP contribution in [0.5, 0.6) is 0 Å². The van der Waals surface area contributed by atoms with Crippen LogP contribution in [0.3, 0.4) is 0 Å². The Morgan fingerprint density at radius 1 is 1.19 bits per heavy atom. The van der Waals surface area contributed by atoms with Crippen molar-refractivity contribution in [1.82, 2.24) is 10.6 Å². The van der Waals surface area contributed by atoms with Crippen molar-refractivity contribution < 1.29 is 0 Å². The largest absolute Gasteiger partial charge is 0.356 e. The molecule has 96 valence electrons. The van der Waals surface area contributed by atoms with Gasteiger partial charge in [-0.1, -0.05) is 27.2 Å². The monoisotopic (exact) mass is 227 g/mol. The van der Waals surface area contributed by atoms with Gasteiger partial charge in [0.1, 0.15) is 0 Å². The molecular weight excluding hydrogens is 198 g/mol. The first-order chi connectivity index (χ1) is 7.35. The Morgan fingerprint density at radius 2 is 1.81 bits per heavy atom. The lowest BCUT2D eigenvalue weighted by atomic mass is 9.90. The molecule has 0 atom stereocenters. The topological polar surface area (TPSA) is 36.4 Å². The highest BCUT2D eigenvalue weighted by molar-refractivity contribution is 5.79. The number of nitrogens with zero attached hydrogens (tertiary/aromatic N) is 1. The van der Waals surface area contributed by atoms with Crippen molar-refractivity contribution in [3.05, 3.63) is 0 Å². The van der Waals surface area contributed by atoms with Crippen molar-refractivity contribution in [2.75, 3.05) is 13.6 Å². The maximum Gasteiger partial charge on any atom is 0.191 e. The summed E-state index contributed by atoms with van der Waals surface area (Å²) < 4.78 is 0. The quantitative estimate of drug-likeness (QED) is 0.430. The maximum atomic E-state index is 4.17. The lowest BCUT2D eigenvalue weighted by Crippen LogP contribution is -2.41. The molecule has 3 heteroatoms. The molecule has 2 N–H and O–H groups in total. The third-order valence-corrected chi connectivity index (χ3v) is 2.29. The van der Waals surface area contributed by atoms with E-state index >= 15 is 0 Å². The van der Waals surface area contributed by atoms with E-state index in [1.54, 1.807) is 0 Å². The van der Waals surface area contributed by atoms with E-state index in [-0.39, 0.29) is 0 Å². The fourth-order valence-electron chi connectivity index (χ4n) is 1.46. The molecule has 16 heavy (non-hydrogen) atoms. The number of aliphatic imine (C=N–C) groups is 1. The molecule has 0 heterocycles. The minimum atomic E-state index is 0.431. The average Bonchev–Trinajstić information content (AvgIpc) is 2.13. The molecule has 0 radical (unpaired) electrons. The van der Waals surface area contributed by atoms with Crippen LogP contribution in [0.1, 0.15) is 53.9 Å². The van der Waals surface area contributed by atoms with E-state index in [4.69, 9.17) is 0 Å². The van der Waals surface area contributed by atoms with Gasteiger partial charge in [0.2, 0.25) is 0 Å². The van der Waals surface area contributed by atoms with Gasteiger partial charge in [0.25, 0.3) is 0 Å². The van der Waals surface area contributed by atoms with Crippen LogP contribution >= 0.6 is 0 Å². The zero-order valence-electron chi connectivity index (χ0n) is 11.9. The first-order valence-electron chi connectivity index (χ1n) is 6.32. The highest BCUT2D eigenvalue weighted by atomic mass is 15.2. The van der Waals surface area contributed by atoms with Crippen LogP contribution in [0.15, 0.2) is 4.99 Å². The van der Waals surface area contributed by atoms with Crippen LogP contribution in [-0.2, 0) is 0 Å². The molecule has 3 nitrogen and oxygen atoms in total. The van der Waals surface area contributed by atoms with Crippen molar-refractivity contribution in [2.45, 2.75) is 59.9 Å². The molecule has 0 bridgehead atoms. The second-order valence-electron chi connectivity index (χ2n) is 5.82. The van der Waals surface area contributed by atoms with Crippen molar-refractivity contribution in [1.29, 1.82) is 0 Å². The average molecular weight is 227 g/mol. The Bertz CT molecular complexity index is 202. The van der Waals surface area contributed by atoms with Gasteiger partial charge < -0.3 is 10.6 Å². The molecular formula is C13H29N3. The number of unbranched alkanes of at least 4 members (excludes halogenated alkanes) is 1. The highest BCUT2D eigenvalue weighted by Gasteiger charge is 2.08. The lowest BCUT2D eigenvalue weighted by molar-refractivity contribution is 0.360. The summed E-state index contributed by atoms with van der Waals surface area (Å²) in [6.07, 6.45) is 3.76. The van der Waals surface area contributed by atoms with Gasteiger partial charge in [-0.2, -0.15) is 0 Å². The molecule has 0 aromatic heterocycles. The van der Waals surface area contributed by atoms with Crippen LogP contribution in [0.25, 0.3) is 0 Å². The molecule has 0 fully saturated rings. The minimum Gasteiger partial charge on any atom is -0.356 e. The van der Waals surface area contributed by atoms with E-state index in [1.807, 2.05) is 7.05 Å². The Balaban J connectivity index is 3.57. The van der Waals surface area contributed by atoms with E-state index in [1.165, 1.54) is 19.3 Å². The number of nitrogens with one attached hydrogen (secondary N) is 2. The van der Waals surface area contributed by atoms with Gasteiger partial charge >= 0.3 is 0 Å². The van der Waals surface area contributed by atoms with E-state index in [0.29, 0.717) is 11.5 Å². The zero-order valence-corrected chi connectivity index (χ0v) is 11.9. The van der Waals surface area contributed by atoms with Crippen molar-refractivity contribution in [3.63, 3.8) is 0 Å². The SMILES string of the molecule is CN=C(NCCCCC(C)(C)C)NC(C)C. The Labute approximate surface area is 101 Å². The number of rotatable bonds is 5. The third-order valence-electron chi connectivity index (χ3n) is 2.29. The maximum absolute atomic E-state index is 4.17. The Morgan fingerprint density at radius 3 is 2.25 bits per heavy atom. The summed E-state index contributed by atoms with van der Waals surface area (Å²) in [7, 11) is 1.81. The van der Waals surface area contributed by atoms with E-state index in [2.05, 4.69) is 50.2 Å². The van der Waals surface area contributed by atoms with E-state index < -0.39 is 0 Å². The molecule has 0 spiro atoms. The van der Waals surface area contributed by atoms with Gasteiger partial charge in [0.15, 0.2) is 5.96 Å². The molecule has 0 saturated carbocycles. The van der Waals surface area contributed by atoms with Crippen LogP contribution in [0.4, 0.5) is 0 Å². The zero-order chi connectivity index (χ0) is 12.6. The molecule has 0 unspecified atom stereocenters. The first kappa shape index (κ1) is 15.3. The van der Waals surface area contributed by atoms with Crippen LogP contribution in [0, 0.1) is 5.41 Å². The normalized spacial score (nSPS) is 13.1. The molecule has 0 aliphatic rings. The predicted octanol–water partition coefficient (Wildman–Crippen LogP) is 2.78. The van der Waals surface area contributed by atoms with Gasteiger partial charge in [-0.15, -0.1) is 0 Å². The van der Waals surface area contributed by atoms with Crippen LogP contribution in [0.2, 0.25) is 0 Å². The first-order valence-corrected chi connectivity index (χ1v) is 6.32. The van der Waals surface area contributed by atoms with Crippen molar-refractivity contribution in [3.8, 4) is 0 Å². The van der Waals surface area contributed by atoms with Gasteiger partial charge in [0.05, 0.1) is 0 Å². The second-order valence-corrected chi connectivity index (χ2v) is 5.82. The summed E-state index contributed by atoms with van der Waals surface area (Å²) in [6.45, 7) is 12.1. The number of hydrogen-bond acceptors (Lipinski definition) is 1. The molecule has 0 aliphatic heterocycles. The van der Waals surface area contributed by atoms with E-state index in [0.717, 1.165) is 12.5 Å². The second kappa shape index (κ2) is 7.53. The molecule has 0 aromatic rings. The summed E-state index contributed by atoms with van der Waals surface area (Å²) in [6, 6.07) is 0.431. The molecule has 0 amide bonds. The van der Waals surface area contributed by atoms with Gasteiger partial charge in [-0.05, 0) is 32.1 Å². The van der Waals surface area contributed by atoms with Gasteiger partial charge in [0, 0.05) is 19.6 Å². The third kappa shape index (κ3) is 9.81. The van der Waals surface area contributed by atoms with Gasteiger partial charge in [-0.25, -0.2) is 0 Å². The van der Waals surface area contributed by atoms with Crippen molar-refractivity contribution in [2.24, 2.45) is 10.4 Å². The summed E-state index contributed by atoms with van der Waals surface area (Å²) >= 11 is 0. The highest BCUT2D eigenvalue weighted by Crippen LogP contribution is 2.20. The predicted molar refractivity (Wildman–Crippen MR) is 72.9 cm³/mol. The fraction of sp³-hybridized carbons (Fsp3) is 0.923. The smallest absolute Gasteiger partial charge is 0.191 e. The summed E-state index contributed by atoms with van der Waals surface area (Å²) in [4.78, 5) is 4.17. The van der Waals surface area contributed by atoms with Crippen LogP contribution < -0.4 is 10.6 Å². The van der Waals surface area contributed by atoms with Gasteiger partial charge in [-0.3, -0.25) is 4.99 Å². The Kier molecular flexibility index (Phi) is 7.18.